The van der Waals surface area contributed by atoms with Crippen LogP contribution in [0.2, 0.25) is 0 Å². The number of halogens is 1. The summed E-state index contributed by atoms with van der Waals surface area (Å²) in [6.07, 6.45) is 0.611. The molecule has 0 aromatic heterocycles. The molecule has 1 atom stereocenters. The van der Waals surface area contributed by atoms with Gasteiger partial charge in [-0.25, -0.2) is 0 Å². The standard InChI is InChI=1S/C14H17BrN2O3/c1-9-6-11(2-3-12(9)15)16-13(18)8-17-5-4-10(7-17)14(19)20/h2-3,6,10H,4-5,7-8H2,1H3,(H,16,18)(H,19,20). The highest BCUT2D eigenvalue weighted by molar-refractivity contribution is 9.10. The van der Waals surface area contributed by atoms with E-state index in [1.807, 2.05) is 30.0 Å². The fourth-order valence-electron chi connectivity index (χ4n) is 2.30. The van der Waals surface area contributed by atoms with Crippen molar-refractivity contribution in [2.75, 3.05) is 25.0 Å². The number of nitrogens with one attached hydrogen (secondary N) is 1. The number of aryl methyl sites for hydroxylation is 1. The van der Waals surface area contributed by atoms with Crippen molar-refractivity contribution >= 4 is 33.5 Å². The Hall–Kier alpha value is -1.40. The summed E-state index contributed by atoms with van der Waals surface area (Å²) >= 11 is 3.41. The summed E-state index contributed by atoms with van der Waals surface area (Å²) in [4.78, 5) is 24.7. The minimum absolute atomic E-state index is 0.113. The average Bonchev–Trinajstić information content (AvgIpc) is 2.82. The predicted molar refractivity (Wildman–Crippen MR) is 79.7 cm³/mol. The van der Waals surface area contributed by atoms with Gasteiger partial charge in [-0.2, -0.15) is 0 Å². The molecule has 2 N–H and O–H groups in total. The van der Waals surface area contributed by atoms with Gasteiger partial charge in [0.05, 0.1) is 12.5 Å². The molecule has 1 aliphatic heterocycles. The van der Waals surface area contributed by atoms with E-state index in [1.165, 1.54) is 0 Å². The van der Waals surface area contributed by atoms with Crippen molar-refractivity contribution in [2.24, 2.45) is 5.92 Å². The third-order valence-corrected chi connectivity index (χ3v) is 4.32. The third-order valence-electron chi connectivity index (χ3n) is 3.43. The van der Waals surface area contributed by atoms with E-state index in [-0.39, 0.29) is 18.4 Å². The lowest BCUT2D eigenvalue weighted by molar-refractivity contribution is -0.141. The van der Waals surface area contributed by atoms with Crippen LogP contribution in [0.3, 0.4) is 0 Å². The lowest BCUT2D eigenvalue weighted by Gasteiger charge is -2.15. The zero-order valence-corrected chi connectivity index (χ0v) is 12.8. The van der Waals surface area contributed by atoms with E-state index in [1.54, 1.807) is 0 Å². The van der Waals surface area contributed by atoms with E-state index in [2.05, 4.69) is 21.2 Å². The number of hydrogen-bond acceptors (Lipinski definition) is 3. The molecule has 1 amide bonds. The Morgan fingerprint density at radius 3 is 2.85 bits per heavy atom. The van der Waals surface area contributed by atoms with E-state index in [4.69, 9.17) is 5.11 Å². The van der Waals surface area contributed by atoms with Crippen LogP contribution < -0.4 is 5.32 Å². The van der Waals surface area contributed by atoms with Gasteiger partial charge in [-0.3, -0.25) is 14.5 Å². The first-order valence-electron chi connectivity index (χ1n) is 6.47. The highest BCUT2D eigenvalue weighted by Gasteiger charge is 2.28. The van der Waals surface area contributed by atoms with E-state index in [0.717, 1.165) is 15.7 Å². The first-order chi connectivity index (χ1) is 9.45. The summed E-state index contributed by atoms with van der Waals surface area (Å²) < 4.78 is 0.999. The second-order valence-electron chi connectivity index (χ2n) is 5.07. The number of benzene rings is 1. The molecule has 0 bridgehead atoms. The van der Waals surface area contributed by atoms with E-state index in [9.17, 15) is 9.59 Å². The molecule has 0 radical (unpaired) electrons. The van der Waals surface area contributed by atoms with Crippen LogP contribution in [0.15, 0.2) is 22.7 Å². The van der Waals surface area contributed by atoms with Crippen molar-refractivity contribution in [3.63, 3.8) is 0 Å². The molecule has 1 heterocycles. The molecule has 108 valence electrons. The third kappa shape index (κ3) is 3.80. The number of carboxylic acid groups (broad SMARTS) is 1. The summed E-state index contributed by atoms with van der Waals surface area (Å²) in [5, 5.41) is 11.8. The van der Waals surface area contributed by atoms with Crippen LogP contribution in [-0.4, -0.2) is 41.5 Å². The first kappa shape index (κ1) is 15.0. The van der Waals surface area contributed by atoms with Gasteiger partial charge in [-0.15, -0.1) is 0 Å². The molecule has 6 heteroatoms. The van der Waals surface area contributed by atoms with Crippen LogP contribution in [-0.2, 0) is 9.59 Å². The molecule has 0 spiro atoms. The predicted octanol–water partition coefficient (Wildman–Crippen LogP) is 2.10. The number of carbonyl (C=O) groups is 2. The highest BCUT2D eigenvalue weighted by Crippen LogP contribution is 2.20. The number of carboxylic acids is 1. The monoisotopic (exact) mass is 340 g/mol. The van der Waals surface area contributed by atoms with Gasteiger partial charge in [0.2, 0.25) is 5.91 Å². The number of rotatable bonds is 4. The first-order valence-corrected chi connectivity index (χ1v) is 7.26. The molecule has 1 aromatic carbocycles. The Kier molecular flexibility index (Phi) is 4.77. The topological polar surface area (TPSA) is 69.6 Å². The molecule has 1 saturated heterocycles. The van der Waals surface area contributed by atoms with Crippen molar-refractivity contribution in [3.05, 3.63) is 28.2 Å². The van der Waals surface area contributed by atoms with Gasteiger partial charge in [0, 0.05) is 16.7 Å². The molecular weight excluding hydrogens is 324 g/mol. The van der Waals surface area contributed by atoms with Crippen LogP contribution in [0.4, 0.5) is 5.69 Å². The van der Waals surface area contributed by atoms with E-state index in [0.29, 0.717) is 19.5 Å². The van der Waals surface area contributed by atoms with Crippen molar-refractivity contribution in [1.82, 2.24) is 4.90 Å². The lowest BCUT2D eigenvalue weighted by atomic mass is 10.1. The van der Waals surface area contributed by atoms with Gasteiger partial charge in [0.15, 0.2) is 0 Å². The molecule has 20 heavy (non-hydrogen) atoms. The van der Waals surface area contributed by atoms with Crippen LogP contribution >= 0.6 is 15.9 Å². The smallest absolute Gasteiger partial charge is 0.307 e. The molecule has 5 nitrogen and oxygen atoms in total. The second kappa shape index (κ2) is 6.37. The van der Waals surface area contributed by atoms with Crippen LogP contribution in [0.1, 0.15) is 12.0 Å². The fraction of sp³-hybridized carbons (Fsp3) is 0.429. The van der Waals surface area contributed by atoms with Crippen molar-refractivity contribution in [1.29, 1.82) is 0 Å². The number of hydrogen-bond donors (Lipinski definition) is 2. The zero-order valence-electron chi connectivity index (χ0n) is 11.2. The summed E-state index contributed by atoms with van der Waals surface area (Å²) in [6, 6.07) is 5.62. The van der Waals surface area contributed by atoms with Crippen molar-refractivity contribution < 1.29 is 14.7 Å². The van der Waals surface area contributed by atoms with E-state index < -0.39 is 5.97 Å². The number of nitrogens with zero attached hydrogens (tertiary/aromatic N) is 1. The zero-order chi connectivity index (χ0) is 14.7. The van der Waals surface area contributed by atoms with E-state index >= 15 is 0 Å². The Labute approximate surface area is 126 Å². The highest BCUT2D eigenvalue weighted by atomic mass is 79.9. The number of carbonyl (C=O) groups excluding carboxylic acids is 1. The molecule has 1 aromatic rings. The Bertz CT molecular complexity index is 533. The Balaban J connectivity index is 1.87. The Morgan fingerprint density at radius 2 is 2.25 bits per heavy atom. The summed E-state index contributed by atoms with van der Waals surface area (Å²) in [5.41, 5.74) is 1.81. The molecule has 1 aliphatic rings. The number of anilines is 1. The van der Waals surface area contributed by atoms with Gasteiger partial charge in [0.1, 0.15) is 0 Å². The maximum atomic E-state index is 11.9. The summed E-state index contributed by atoms with van der Waals surface area (Å²) in [5.74, 6) is -1.24. The Morgan fingerprint density at radius 1 is 1.50 bits per heavy atom. The van der Waals surface area contributed by atoms with Crippen LogP contribution in [0.5, 0.6) is 0 Å². The SMILES string of the molecule is Cc1cc(NC(=O)CN2CCC(C(=O)O)C2)ccc1Br. The maximum absolute atomic E-state index is 11.9. The summed E-state index contributed by atoms with van der Waals surface area (Å²) in [7, 11) is 0. The minimum atomic E-state index is -0.781. The maximum Gasteiger partial charge on any atom is 0.307 e. The molecular formula is C14H17BrN2O3. The molecule has 1 fully saturated rings. The van der Waals surface area contributed by atoms with Crippen molar-refractivity contribution in [3.8, 4) is 0 Å². The van der Waals surface area contributed by atoms with Crippen molar-refractivity contribution in [2.45, 2.75) is 13.3 Å². The molecule has 1 unspecified atom stereocenters. The largest absolute Gasteiger partial charge is 0.481 e. The van der Waals surface area contributed by atoms with Gasteiger partial charge in [-0.05, 0) is 43.7 Å². The van der Waals surface area contributed by atoms with Gasteiger partial charge < -0.3 is 10.4 Å². The minimum Gasteiger partial charge on any atom is -0.481 e. The average molecular weight is 341 g/mol. The number of amides is 1. The number of aliphatic carboxylic acids is 1. The second-order valence-corrected chi connectivity index (χ2v) is 5.93. The molecule has 0 saturated carbocycles. The van der Waals surface area contributed by atoms with Gasteiger partial charge in [0.25, 0.3) is 0 Å². The lowest BCUT2D eigenvalue weighted by Crippen LogP contribution is -2.32. The molecule has 0 aliphatic carbocycles. The normalized spacial score (nSPS) is 19.0. The summed E-state index contributed by atoms with van der Waals surface area (Å²) in [6.45, 7) is 3.29. The van der Waals surface area contributed by atoms with Crippen LogP contribution in [0.25, 0.3) is 0 Å². The van der Waals surface area contributed by atoms with Gasteiger partial charge in [-0.1, -0.05) is 15.9 Å². The van der Waals surface area contributed by atoms with Gasteiger partial charge >= 0.3 is 5.97 Å². The quantitative estimate of drug-likeness (QED) is 0.880. The number of likely N-dealkylation sites (tertiary alicyclic amines) is 1. The van der Waals surface area contributed by atoms with Crippen LogP contribution in [0, 0.1) is 12.8 Å². The fourth-order valence-corrected chi connectivity index (χ4v) is 2.55. The molecule has 2 rings (SSSR count).